The van der Waals surface area contributed by atoms with Gasteiger partial charge >= 0.3 is 0 Å². The molecule has 0 aromatic heterocycles. The second kappa shape index (κ2) is 9.58. The third-order valence-corrected chi connectivity index (χ3v) is 8.12. The molecular weight excluding hydrogens is 446 g/mol. The van der Waals surface area contributed by atoms with Crippen LogP contribution >= 0.6 is 11.6 Å². The van der Waals surface area contributed by atoms with Crippen molar-refractivity contribution in [2.45, 2.75) is 11.4 Å². The molecule has 0 radical (unpaired) electrons. The zero-order valence-corrected chi connectivity index (χ0v) is 19.5. The molecule has 1 saturated heterocycles. The molecule has 1 aliphatic rings. The maximum atomic E-state index is 12.9. The molecule has 0 bridgehead atoms. The minimum absolute atomic E-state index is 0.00285. The van der Waals surface area contributed by atoms with Crippen molar-refractivity contribution < 1.29 is 13.2 Å². The fraction of sp³-hybridized carbons (Fsp3) is 0.292. The maximum Gasteiger partial charge on any atom is 0.244 e. The van der Waals surface area contributed by atoms with E-state index < -0.39 is 10.0 Å². The van der Waals surface area contributed by atoms with E-state index in [-0.39, 0.29) is 35.5 Å². The van der Waals surface area contributed by atoms with Crippen molar-refractivity contribution in [1.82, 2.24) is 14.1 Å². The second-order valence-corrected chi connectivity index (χ2v) is 10.4. The van der Waals surface area contributed by atoms with Crippen molar-refractivity contribution in [1.29, 1.82) is 0 Å². The minimum atomic E-state index is -3.67. The Labute approximate surface area is 194 Å². The number of piperazine rings is 1. The lowest BCUT2D eigenvalue weighted by Crippen LogP contribution is -2.52. The van der Waals surface area contributed by atoms with Gasteiger partial charge in [0.25, 0.3) is 0 Å². The van der Waals surface area contributed by atoms with Gasteiger partial charge in [0.05, 0.1) is 11.6 Å². The molecule has 1 aliphatic heterocycles. The number of carbonyl (C=O) groups is 1. The molecule has 1 fully saturated rings. The standard InChI is InChI=1S/C24H26ClN3O3S/c1-26(17-19-10-11-20-6-2-3-7-21(20)16-19)18-24(29)27-12-14-28(15-13-27)32(30,31)23-9-5-4-8-22(23)25/h2-11,16H,12-15,17-18H2,1H3. The Bertz CT molecular complexity index is 1220. The van der Waals surface area contributed by atoms with Gasteiger partial charge < -0.3 is 4.90 Å². The first kappa shape index (κ1) is 22.7. The van der Waals surface area contributed by atoms with Crippen molar-refractivity contribution in [3.63, 3.8) is 0 Å². The highest BCUT2D eigenvalue weighted by Gasteiger charge is 2.31. The molecule has 168 valence electrons. The summed E-state index contributed by atoms with van der Waals surface area (Å²) in [5.41, 5.74) is 1.15. The van der Waals surface area contributed by atoms with Crippen molar-refractivity contribution in [3.05, 3.63) is 77.3 Å². The molecule has 3 aromatic carbocycles. The summed E-state index contributed by atoms with van der Waals surface area (Å²) in [5, 5.41) is 2.58. The third-order valence-electron chi connectivity index (χ3n) is 5.72. The molecular formula is C24H26ClN3O3S. The molecule has 3 aromatic rings. The number of carbonyl (C=O) groups excluding carboxylic acids is 1. The molecule has 6 nitrogen and oxygen atoms in total. The minimum Gasteiger partial charge on any atom is -0.339 e. The Morgan fingerprint density at radius 2 is 1.59 bits per heavy atom. The van der Waals surface area contributed by atoms with Crippen LogP contribution in [0.4, 0.5) is 0 Å². The predicted octanol–water partition coefficient (Wildman–Crippen LogP) is 3.46. The van der Waals surface area contributed by atoms with Crippen LogP contribution in [0.2, 0.25) is 5.02 Å². The summed E-state index contributed by atoms with van der Waals surface area (Å²) in [5.74, 6) is 0.00285. The summed E-state index contributed by atoms with van der Waals surface area (Å²) in [6, 6.07) is 21.0. The SMILES string of the molecule is CN(CC(=O)N1CCN(S(=O)(=O)c2ccccc2Cl)CC1)Cc1ccc2ccccc2c1. The van der Waals surface area contributed by atoms with Gasteiger partial charge in [-0.2, -0.15) is 4.31 Å². The summed E-state index contributed by atoms with van der Waals surface area (Å²) < 4.78 is 27.2. The van der Waals surface area contributed by atoms with Gasteiger partial charge in [0.2, 0.25) is 15.9 Å². The van der Waals surface area contributed by atoms with Crippen LogP contribution in [-0.2, 0) is 21.4 Å². The van der Waals surface area contributed by atoms with Crippen molar-refractivity contribution in [2.75, 3.05) is 39.8 Å². The van der Waals surface area contributed by atoms with E-state index in [1.54, 1.807) is 23.1 Å². The molecule has 0 spiro atoms. The molecule has 32 heavy (non-hydrogen) atoms. The monoisotopic (exact) mass is 471 g/mol. The largest absolute Gasteiger partial charge is 0.339 e. The van der Waals surface area contributed by atoms with E-state index in [1.807, 2.05) is 24.1 Å². The van der Waals surface area contributed by atoms with Crippen LogP contribution in [-0.4, -0.2) is 68.2 Å². The van der Waals surface area contributed by atoms with Crippen molar-refractivity contribution >= 4 is 38.3 Å². The van der Waals surface area contributed by atoms with Crippen LogP contribution in [0.3, 0.4) is 0 Å². The Kier molecular flexibility index (Phi) is 6.81. The maximum absolute atomic E-state index is 12.9. The highest BCUT2D eigenvalue weighted by molar-refractivity contribution is 7.89. The normalized spacial score (nSPS) is 15.4. The number of benzene rings is 3. The van der Waals surface area contributed by atoms with Gasteiger partial charge in [-0.15, -0.1) is 0 Å². The lowest BCUT2D eigenvalue weighted by molar-refractivity contribution is -0.133. The Morgan fingerprint density at radius 1 is 0.938 bits per heavy atom. The molecule has 0 aliphatic carbocycles. The number of amides is 1. The zero-order valence-electron chi connectivity index (χ0n) is 17.9. The lowest BCUT2D eigenvalue weighted by atomic mass is 10.1. The third kappa shape index (κ3) is 4.96. The van der Waals surface area contributed by atoms with Crippen LogP contribution in [0.5, 0.6) is 0 Å². The first-order valence-electron chi connectivity index (χ1n) is 10.5. The lowest BCUT2D eigenvalue weighted by Gasteiger charge is -2.35. The van der Waals surface area contributed by atoms with Crippen LogP contribution in [0.25, 0.3) is 10.8 Å². The number of nitrogens with zero attached hydrogens (tertiary/aromatic N) is 3. The molecule has 8 heteroatoms. The number of sulfonamides is 1. The highest BCUT2D eigenvalue weighted by Crippen LogP contribution is 2.25. The van der Waals surface area contributed by atoms with Crippen molar-refractivity contribution in [3.8, 4) is 0 Å². The number of hydrogen-bond acceptors (Lipinski definition) is 4. The van der Waals surface area contributed by atoms with Gasteiger partial charge in [-0.05, 0) is 41.6 Å². The summed E-state index contributed by atoms with van der Waals surface area (Å²) >= 11 is 6.09. The van der Waals surface area contributed by atoms with Gasteiger partial charge in [0.1, 0.15) is 4.90 Å². The molecule has 4 rings (SSSR count). The van der Waals surface area contributed by atoms with Gasteiger partial charge in [-0.3, -0.25) is 9.69 Å². The van der Waals surface area contributed by atoms with Gasteiger partial charge in [0, 0.05) is 32.7 Å². The fourth-order valence-electron chi connectivity index (χ4n) is 4.01. The molecule has 0 N–H and O–H groups in total. The second-order valence-electron chi connectivity index (χ2n) is 8.07. The van der Waals surface area contributed by atoms with Crippen LogP contribution < -0.4 is 0 Å². The van der Waals surface area contributed by atoms with Crippen LogP contribution in [0, 0.1) is 0 Å². The highest BCUT2D eigenvalue weighted by atomic mass is 35.5. The number of rotatable bonds is 6. The van der Waals surface area contributed by atoms with E-state index in [9.17, 15) is 13.2 Å². The summed E-state index contributed by atoms with van der Waals surface area (Å²) in [7, 11) is -1.75. The van der Waals surface area contributed by atoms with E-state index >= 15 is 0 Å². The van der Waals surface area contributed by atoms with E-state index in [2.05, 4.69) is 30.3 Å². The first-order chi connectivity index (χ1) is 15.3. The number of hydrogen-bond donors (Lipinski definition) is 0. The molecule has 0 unspecified atom stereocenters. The molecule has 0 saturated carbocycles. The van der Waals surface area contributed by atoms with Gasteiger partial charge in [-0.1, -0.05) is 60.1 Å². The smallest absolute Gasteiger partial charge is 0.244 e. The Balaban J connectivity index is 1.32. The summed E-state index contributed by atoms with van der Waals surface area (Å²) in [6.07, 6.45) is 0. The molecule has 0 atom stereocenters. The topological polar surface area (TPSA) is 60.9 Å². The summed E-state index contributed by atoms with van der Waals surface area (Å²) in [6.45, 7) is 2.20. The molecule has 1 heterocycles. The molecule has 1 amide bonds. The van der Waals surface area contributed by atoms with E-state index in [0.29, 0.717) is 19.6 Å². The van der Waals surface area contributed by atoms with E-state index in [0.717, 1.165) is 5.56 Å². The van der Waals surface area contributed by atoms with Gasteiger partial charge in [-0.25, -0.2) is 8.42 Å². The van der Waals surface area contributed by atoms with Crippen molar-refractivity contribution in [2.24, 2.45) is 0 Å². The van der Waals surface area contributed by atoms with Crippen LogP contribution in [0.1, 0.15) is 5.56 Å². The number of halogens is 1. The quantitative estimate of drug-likeness (QED) is 0.552. The van der Waals surface area contributed by atoms with E-state index in [1.165, 1.54) is 21.1 Å². The average molecular weight is 472 g/mol. The predicted molar refractivity (Wildman–Crippen MR) is 127 cm³/mol. The van der Waals surface area contributed by atoms with Gasteiger partial charge in [0.15, 0.2) is 0 Å². The van der Waals surface area contributed by atoms with Crippen LogP contribution in [0.15, 0.2) is 71.6 Å². The average Bonchev–Trinajstić information content (AvgIpc) is 2.79. The van der Waals surface area contributed by atoms with E-state index in [4.69, 9.17) is 11.6 Å². The first-order valence-corrected chi connectivity index (χ1v) is 12.3. The Hall–Kier alpha value is -2.45. The number of likely N-dealkylation sites (N-methyl/N-ethyl adjacent to an activating group) is 1. The Morgan fingerprint density at radius 3 is 2.31 bits per heavy atom. The fourth-order valence-corrected chi connectivity index (χ4v) is 5.92. The summed E-state index contributed by atoms with van der Waals surface area (Å²) in [4.78, 5) is 16.6. The zero-order chi connectivity index (χ0) is 22.7. The number of fused-ring (bicyclic) bond motifs is 1.